The molecule has 3 heterocycles. The zero-order valence-electron chi connectivity index (χ0n) is 22.1. The Morgan fingerprint density at radius 1 is 1.12 bits per heavy atom. The number of methoxy groups -OCH3 is 1. The van der Waals surface area contributed by atoms with Crippen molar-refractivity contribution in [1.82, 2.24) is 9.88 Å². The molecule has 1 saturated heterocycles. The summed E-state index contributed by atoms with van der Waals surface area (Å²) < 4.78 is 41.3. The number of fused-ring (bicyclic) bond motifs is 3. The molecule has 2 aromatic carbocycles. The fourth-order valence-electron chi connectivity index (χ4n) is 7.61. The zero-order valence-corrected chi connectivity index (χ0v) is 22.1. The minimum absolute atomic E-state index is 0.0107. The van der Waals surface area contributed by atoms with Gasteiger partial charge in [0.05, 0.1) is 25.3 Å². The van der Waals surface area contributed by atoms with Crippen molar-refractivity contribution in [1.29, 1.82) is 0 Å². The maximum atomic E-state index is 14.5. The Bertz CT molecular complexity index is 1640. The van der Waals surface area contributed by atoms with Crippen LogP contribution in [0.5, 0.6) is 11.6 Å². The Morgan fingerprint density at radius 2 is 1.83 bits per heavy atom. The number of aromatic nitrogens is 1. The smallest absolute Gasteiger partial charge is 0.319 e. The summed E-state index contributed by atoms with van der Waals surface area (Å²) in [7, 11) is 1.36. The second-order valence-electron chi connectivity index (χ2n) is 11.3. The molecule has 2 aliphatic carbocycles. The molecule has 4 aliphatic rings. The number of hydrogen-bond acceptors (Lipinski definition) is 6. The SMILES string of the molecule is [C-]#[N+]c1ccc([C@@]23Oc4cc([N+]#[C-])nc(OC)c4[C@]2(O)[C@H](O)[C@H](CN2CCC24CC4(F)F)[C@H]3c2ccccc2)cc1. The van der Waals surface area contributed by atoms with Crippen LogP contribution in [0.2, 0.25) is 0 Å². The third-order valence-corrected chi connectivity index (χ3v) is 9.65. The Labute approximate surface area is 235 Å². The van der Waals surface area contributed by atoms with Crippen molar-refractivity contribution in [2.45, 2.75) is 47.5 Å². The van der Waals surface area contributed by atoms with E-state index < -0.39 is 40.6 Å². The predicted molar refractivity (Wildman–Crippen MR) is 143 cm³/mol. The number of aliphatic hydroxyl groups is 2. The van der Waals surface area contributed by atoms with Crippen LogP contribution in [0, 0.1) is 19.1 Å². The van der Waals surface area contributed by atoms with Gasteiger partial charge in [-0.1, -0.05) is 66.2 Å². The number of likely N-dealkylation sites (tertiary alicyclic amines) is 1. The van der Waals surface area contributed by atoms with Crippen LogP contribution in [0.15, 0.2) is 60.7 Å². The van der Waals surface area contributed by atoms with Gasteiger partial charge < -0.3 is 24.5 Å². The van der Waals surface area contributed by atoms with E-state index in [1.165, 1.54) is 13.2 Å². The highest BCUT2D eigenvalue weighted by Crippen LogP contribution is 2.71. The Hall–Kier alpha value is -4.09. The summed E-state index contributed by atoms with van der Waals surface area (Å²) in [4.78, 5) is 12.9. The van der Waals surface area contributed by atoms with E-state index in [9.17, 15) is 19.0 Å². The number of benzene rings is 2. The Kier molecular flexibility index (Phi) is 5.34. The van der Waals surface area contributed by atoms with E-state index in [0.29, 0.717) is 24.2 Å². The molecule has 10 heteroatoms. The van der Waals surface area contributed by atoms with Gasteiger partial charge in [-0.3, -0.25) is 4.90 Å². The van der Waals surface area contributed by atoms with Crippen LogP contribution in [-0.2, 0) is 11.2 Å². The number of aliphatic hydroxyl groups excluding tert-OH is 1. The molecule has 41 heavy (non-hydrogen) atoms. The van der Waals surface area contributed by atoms with Crippen LogP contribution >= 0.6 is 0 Å². The van der Waals surface area contributed by atoms with Gasteiger partial charge >= 0.3 is 5.88 Å². The van der Waals surface area contributed by atoms with E-state index in [-0.39, 0.29) is 36.0 Å². The number of pyridine rings is 1. The third-order valence-electron chi connectivity index (χ3n) is 9.65. The number of alkyl halides is 2. The lowest BCUT2D eigenvalue weighted by Crippen LogP contribution is -2.56. The lowest BCUT2D eigenvalue weighted by atomic mass is 9.70. The monoisotopic (exact) mass is 556 g/mol. The normalized spacial score (nSPS) is 34.1. The maximum absolute atomic E-state index is 14.5. The second kappa shape index (κ2) is 8.46. The molecule has 208 valence electrons. The van der Waals surface area contributed by atoms with E-state index in [0.717, 1.165) is 5.56 Å². The number of ether oxygens (including phenoxy) is 2. The summed E-state index contributed by atoms with van der Waals surface area (Å²) in [6.45, 7) is 15.5. The van der Waals surface area contributed by atoms with Crippen molar-refractivity contribution in [3.63, 3.8) is 0 Å². The van der Waals surface area contributed by atoms with Crippen molar-refractivity contribution in [2.24, 2.45) is 5.92 Å². The molecule has 2 aliphatic heterocycles. The summed E-state index contributed by atoms with van der Waals surface area (Å²) in [5.41, 5.74) is -3.31. The van der Waals surface area contributed by atoms with Gasteiger partial charge in [0, 0.05) is 37.4 Å². The first-order chi connectivity index (χ1) is 19.7. The minimum Gasteiger partial charge on any atom is -0.479 e. The Morgan fingerprint density at radius 3 is 2.39 bits per heavy atom. The summed E-state index contributed by atoms with van der Waals surface area (Å²) in [6, 6.07) is 17.3. The van der Waals surface area contributed by atoms with Crippen molar-refractivity contribution in [2.75, 3.05) is 20.2 Å². The van der Waals surface area contributed by atoms with Crippen molar-refractivity contribution in [3.05, 3.63) is 100 Å². The molecule has 1 unspecified atom stereocenters. The van der Waals surface area contributed by atoms with Crippen LogP contribution < -0.4 is 9.47 Å². The average Bonchev–Trinajstić information content (AvgIpc) is 3.44. The molecule has 3 fully saturated rings. The number of halogens is 2. The molecule has 6 atom stereocenters. The quantitative estimate of drug-likeness (QED) is 0.434. The van der Waals surface area contributed by atoms with Crippen LogP contribution in [0.4, 0.5) is 20.3 Å². The van der Waals surface area contributed by atoms with Crippen LogP contribution in [0.3, 0.4) is 0 Å². The highest BCUT2D eigenvalue weighted by atomic mass is 19.3. The van der Waals surface area contributed by atoms with Crippen molar-refractivity contribution in [3.8, 4) is 11.6 Å². The first-order valence-electron chi connectivity index (χ1n) is 13.4. The molecule has 1 spiro atoms. The standard InChI is InChI=1S/C31H26F2N4O4/c1-34-20-11-9-19(10-12-20)31-24(18-7-5-4-6-8-18)21(16-37-14-13-28(37)17-29(28,32)33)26(38)30(31,39)25-22(41-31)15-23(35-2)36-27(25)40-3/h4-12,15,21,24,26,38-39H,13-14,16-17H2,3H3/t21-,24-,26-,28?,30+,31+/m1/s1. The van der Waals surface area contributed by atoms with E-state index in [1.54, 1.807) is 29.2 Å². The molecule has 3 aromatic rings. The van der Waals surface area contributed by atoms with Gasteiger partial charge in [0.15, 0.2) is 16.9 Å². The summed E-state index contributed by atoms with van der Waals surface area (Å²) in [5.74, 6) is -4.17. The molecule has 0 bridgehead atoms. The van der Waals surface area contributed by atoms with Gasteiger partial charge in [-0.15, -0.1) is 0 Å². The molecular formula is C31H26F2N4O4. The predicted octanol–water partition coefficient (Wildman–Crippen LogP) is 4.93. The molecule has 1 aromatic heterocycles. The van der Waals surface area contributed by atoms with E-state index >= 15 is 0 Å². The van der Waals surface area contributed by atoms with Crippen molar-refractivity contribution < 1.29 is 28.5 Å². The summed E-state index contributed by atoms with van der Waals surface area (Å²) in [5, 5.41) is 25.1. The first-order valence-corrected chi connectivity index (χ1v) is 13.4. The van der Waals surface area contributed by atoms with Gasteiger partial charge in [-0.2, -0.15) is 0 Å². The van der Waals surface area contributed by atoms with E-state index in [4.69, 9.17) is 22.6 Å². The number of hydrogen-bond donors (Lipinski definition) is 2. The molecular weight excluding hydrogens is 530 g/mol. The van der Waals surface area contributed by atoms with Gasteiger partial charge in [-0.05, 0) is 17.5 Å². The van der Waals surface area contributed by atoms with E-state index in [2.05, 4.69) is 14.7 Å². The molecule has 2 N–H and O–H groups in total. The van der Waals surface area contributed by atoms with Gasteiger partial charge in [0.1, 0.15) is 11.3 Å². The fraction of sp³-hybridized carbons (Fsp3) is 0.387. The number of nitrogens with zero attached hydrogens (tertiary/aromatic N) is 4. The van der Waals surface area contributed by atoms with E-state index in [1.807, 2.05) is 30.3 Å². The topological polar surface area (TPSA) is 83.8 Å². The largest absolute Gasteiger partial charge is 0.479 e. The first kappa shape index (κ1) is 25.8. The van der Waals surface area contributed by atoms with Gasteiger partial charge in [0.2, 0.25) is 0 Å². The van der Waals surface area contributed by atoms with Crippen LogP contribution in [0.1, 0.15) is 35.4 Å². The third kappa shape index (κ3) is 3.13. The number of rotatable bonds is 5. The van der Waals surface area contributed by atoms with Gasteiger partial charge in [-0.25, -0.2) is 13.6 Å². The second-order valence-corrected chi connectivity index (χ2v) is 11.3. The lowest BCUT2D eigenvalue weighted by Gasteiger charge is -2.45. The highest BCUT2D eigenvalue weighted by molar-refractivity contribution is 5.63. The van der Waals surface area contributed by atoms with Crippen molar-refractivity contribution >= 4 is 11.5 Å². The molecule has 0 radical (unpaired) electrons. The minimum atomic E-state index is -2.79. The molecule has 8 nitrogen and oxygen atoms in total. The zero-order chi connectivity index (χ0) is 28.8. The van der Waals surface area contributed by atoms with Crippen LogP contribution in [0.25, 0.3) is 9.69 Å². The summed E-state index contributed by atoms with van der Waals surface area (Å²) in [6.07, 6.45) is -1.33. The average molecular weight is 557 g/mol. The fourth-order valence-corrected chi connectivity index (χ4v) is 7.61. The Balaban J connectivity index is 1.48. The van der Waals surface area contributed by atoms with Gasteiger partial charge in [0.25, 0.3) is 11.7 Å². The lowest BCUT2D eigenvalue weighted by molar-refractivity contribution is -0.153. The molecule has 0 amide bonds. The molecule has 2 saturated carbocycles. The highest BCUT2D eigenvalue weighted by Gasteiger charge is 2.80. The summed E-state index contributed by atoms with van der Waals surface area (Å²) >= 11 is 0. The maximum Gasteiger partial charge on any atom is 0.319 e. The molecule has 7 rings (SSSR count). The van der Waals surface area contributed by atoms with Crippen LogP contribution in [-0.4, -0.2) is 57.9 Å².